The van der Waals surface area contributed by atoms with E-state index in [9.17, 15) is 13.6 Å². The van der Waals surface area contributed by atoms with Crippen molar-refractivity contribution in [1.82, 2.24) is 5.32 Å². The summed E-state index contributed by atoms with van der Waals surface area (Å²) in [5.41, 5.74) is 0.834. The molecule has 6 heteroatoms. The van der Waals surface area contributed by atoms with Gasteiger partial charge in [0.05, 0.1) is 0 Å². The second-order valence-electron chi connectivity index (χ2n) is 3.68. The minimum absolute atomic E-state index is 0.0564. The highest BCUT2D eigenvalue weighted by molar-refractivity contribution is 5.67. The van der Waals surface area contributed by atoms with Gasteiger partial charge in [0.15, 0.2) is 0 Å². The van der Waals surface area contributed by atoms with E-state index in [1.54, 1.807) is 12.1 Å². The average Bonchev–Trinajstić information content (AvgIpc) is 2.37. The van der Waals surface area contributed by atoms with Crippen LogP contribution in [0.1, 0.15) is 12.0 Å². The molecule has 1 aromatic carbocycles. The van der Waals surface area contributed by atoms with Crippen molar-refractivity contribution in [1.29, 1.82) is 0 Å². The molecule has 0 saturated carbocycles. The lowest BCUT2D eigenvalue weighted by Crippen LogP contribution is -2.29. The van der Waals surface area contributed by atoms with Crippen LogP contribution in [0.2, 0.25) is 0 Å². The standard InChI is InChI=1S/C12H15F2NO3/c13-11(14)10(16)6-7-15-12(17)18-8-9-4-2-1-3-5-9/h1-5,10-11,16H,6-8H2,(H,15,17). The number of hydrogen-bond donors (Lipinski definition) is 2. The lowest BCUT2D eigenvalue weighted by Gasteiger charge is -2.10. The van der Waals surface area contributed by atoms with Gasteiger partial charge in [-0.05, 0) is 12.0 Å². The number of hydrogen-bond acceptors (Lipinski definition) is 3. The monoisotopic (exact) mass is 259 g/mol. The number of carbonyl (C=O) groups is 1. The quantitative estimate of drug-likeness (QED) is 0.820. The molecule has 0 bridgehead atoms. The van der Waals surface area contributed by atoms with E-state index in [0.29, 0.717) is 0 Å². The van der Waals surface area contributed by atoms with Gasteiger partial charge in [0.2, 0.25) is 0 Å². The summed E-state index contributed by atoms with van der Waals surface area (Å²) < 4.78 is 28.7. The first-order valence-electron chi connectivity index (χ1n) is 5.50. The number of benzene rings is 1. The topological polar surface area (TPSA) is 58.6 Å². The molecule has 0 aliphatic carbocycles. The van der Waals surface area contributed by atoms with Crippen LogP contribution in [0, 0.1) is 0 Å². The summed E-state index contributed by atoms with van der Waals surface area (Å²) in [5.74, 6) is 0. The van der Waals surface area contributed by atoms with Crippen molar-refractivity contribution >= 4 is 6.09 Å². The van der Waals surface area contributed by atoms with Crippen molar-refractivity contribution < 1.29 is 23.4 Å². The highest BCUT2D eigenvalue weighted by atomic mass is 19.3. The van der Waals surface area contributed by atoms with Gasteiger partial charge in [0.1, 0.15) is 12.7 Å². The summed E-state index contributed by atoms with van der Waals surface area (Å²) in [7, 11) is 0. The van der Waals surface area contributed by atoms with Gasteiger partial charge in [0, 0.05) is 6.54 Å². The van der Waals surface area contributed by atoms with E-state index in [2.05, 4.69) is 5.32 Å². The molecule has 1 atom stereocenters. The van der Waals surface area contributed by atoms with Gasteiger partial charge in [-0.15, -0.1) is 0 Å². The Morgan fingerprint density at radius 3 is 2.61 bits per heavy atom. The van der Waals surface area contributed by atoms with E-state index in [-0.39, 0.29) is 19.6 Å². The van der Waals surface area contributed by atoms with Gasteiger partial charge < -0.3 is 15.2 Å². The zero-order valence-electron chi connectivity index (χ0n) is 9.68. The number of rotatable bonds is 6. The van der Waals surface area contributed by atoms with Gasteiger partial charge >= 0.3 is 6.09 Å². The van der Waals surface area contributed by atoms with Crippen LogP contribution < -0.4 is 5.32 Å². The average molecular weight is 259 g/mol. The first kappa shape index (κ1) is 14.4. The number of ether oxygens (including phenoxy) is 1. The largest absolute Gasteiger partial charge is 0.445 e. The van der Waals surface area contributed by atoms with E-state index < -0.39 is 18.6 Å². The molecule has 1 rings (SSSR count). The Hall–Kier alpha value is -1.69. The predicted molar refractivity (Wildman–Crippen MR) is 61.3 cm³/mol. The number of alkyl carbamates (subject to hydrolysis) is 1. The Kier molecular flexibility index (Phi) is 6.07. The predicted octanol–water partition coefficient (Wildman–Crippen LogP) is 1.93. The minimum atomic E-state index is -2.80. The Morgan fingerprint density at radius 1 is 1.33 bits per heavy atom. The Morgan fingerprint density at radius 2 is 2.00 bits per heavy atom. The highest BCUT2D eigenvalue weighted by Gasteiger charge is 2.16. The van der Waals surface area contributed by atoms with Crippen LogP contribution in [-0.2, 0) is 11.3 Å². The molecule has 0 aliphatic heterocycles. The molecule has 100 valence electrons. The molecule has 1 amide bonds. The summed E-state index contributed by atoms with van der Waals surface area (Å²) in [6.07, 6.45) is -5.43. The number of amides is 1. The normalized spacial score (nSPS) is 12.2. The highest BCUT2D eigenvalue weighted by Crippen LogP contribution is 2.04. The van der Waals surface area contributed by atoms with E-state index >= 15 is 0 Å². The van der Waals surface area contributed by atoms with E-state index in [1.807, 2.05) is 18.2 Å². The molecule has 0 fully saturated rings. The zero-order valence-corrected chi connectivity index (χ0v) is 9.68. The van der Waals surface area contributed by atoms with Crippen molar-refractivity contribution in [3.63, 3.8) is 0 Å². The molecule has 4 nitrogen and oxygen atoms in total. The third kappa shape index (κ3) is 5.58. The van der Waals surface area contributed by atoms with Crippen LogP contribution >= 0.6 is 0 Å². The second-order valence-corrected chi connectivity index (χ2v) is 3.68. The van der Waals surface area contributed by atoms with Crippen molar-refractivity contribution in [2.24, 2.45) is 0 Å². The van der Waals surface area contributed by atoms with Crippen LogP contribution in [0.25, 0.3) is 0 Å². The molecular weight excluding hydrogens is 244 g/mol. The molecule has 0 heterocycles. The van der Waals surface area contributed by atoms with Crippen LogP contribution in [0.15, 0.2) is 30.3 Å². The fourth-order valence-corrected chi connectivity index (χ4v) is 1.22. The molecule has 1 aromatic rings. The molecule has 0 saturated heterocycles. The number of alkyl halides is 2. The maximum atomic E-state index is 11.9. The smallest absolute Gasteiger partial charge is 0.407 e. The van der Waals surface area contributed by atoms with Crippen molar-refractivity contribution in [2.45, 2.75) is 25.6 Å². The van der Waals surface area contributed by atoms with Crippen molar-refractivity contribution in [3.05, 3.63) is 35.9 Å². The van der Waals surface area contributed by atoms with E-state index in [1.165, 1.54) is 0 Å². The van der Waals surface area contributed by atoms with Crippen LogP contribution in [0.5, 0.6) is 0 Å². The van der Waals surface area contributed by atoms with Crippen molar-refractivity contribution in [2.75, 3.05) is 6.54 Å². The SMILES string of the molecule is O=C(NCCC(O)C(F)F)OCc1ccccc1. The molecule has 0 aromatic heterocycles. The number of aliphatic hydroxyl groups is 1. The summed E-state index contributed by atoms with van der Waals surface area (Å²) in [4.78, 5) is 11.2. The maximum Gasteiger partial charge on any atom is 0.407 e. The minimum Gasteiger partial charge on any atom is -0.445 e. The molecule has 2 N–H and O–H groups in total. The molecule has 0 spiro atoms. The molecule has 0 radical (unpaired) electrons. The van der Waals surface area contributed by atoms with Crippen LogP contribution in [0.4, 0.5) is 13.6 Å². The number of halogens is 2. The number of nitrogens with one attached hydrogen (secondary N) is 1. The summed E-state index contributed by atoms with van der Waals surface area (Å²) in [6.45, 7) is 0.0587. The fourth-order valence-electron chi connectivity index (χ4n) is 1.22. The van der Waals surface area contributed by atoms with Crippen LogP contribution in [-0.4, -0.2) is 30.3 Å². The number of aliphatic hydroxyl groups excluding tert-OH is 1. The van der Waals surface area contributed by atoms with Gasteiger partial charge in [-0.3, -0.25) is 0 Å². The summed E-state index contributed by atoms with van der Waals surface area (Å²) >= 11 is 0. The van der Waals surface area contributed by atoms with E-state index in [4.69, 9.17) is 9.84 Å². The lowest BCUT2D eigenvalue weighted by atomic mass is 10.2. The maximum absolute atomic E-state index is 11.9. The molecule has 0 aliphatic rings. The van der Waals surface area contributed by atoms with Gasteiger partial charge in [-0.25, -0.2) is 13.6 Å². The third-order valence-electron chi connectivity index (χ3n) is 2.21. The summed E-state index contributed by atoms with van der Waals surface area (Å²) in [6, 6.07) is 9.07. The fraction of sp³-hybridized carbons (Fsp3) is 0.417. The Bertz CT molecular complexity index is 360. The van der Waals surface area contributed by atoms with Gasteiger partial charge in [-0.2, -0.15) is 0 Å². The zero-order chi connectivity index (χ0) is 13.4. The van der Waals surface area contributed by atoms with Crippen LogP contribution in [0.3, 0.4) is 0 Å². The van der Waals surface area contributed by atoms with Gasteiger partial charge in [0.25, 0.3) is 6.43 Å². The molecular formula is C12H15F2NO3. The summed E-state index contributed by atoms with van der Waals surface area (Å²) in [5, 5.41) is 11.1. The first-order valence-corrected chi connectivity index (χ1v) is 5.50. The lowest BCUT2D eigenvalue weighted by molar-refractivity contribution is -0.00843. The third-order valence-corrected chi connectivity index (χ3v) is 2.21. The Balaban J connectivity index is 2.15. The molecule has 18 heavy (non-hydrogen) atoms. The Labute approximate surface area is 104 Å². The van der Waals surface area contributed by atoms with E-state index in [0.717, 1.165) is 5.56 Å². The first-order chi connectivity index (χ1) is 8.59. The second kappa shape index (κ2) is 7.60. The molecule has 1 unspecified atom stereocenters. The van der Waals surface area contributed by atoms with Gasteiger partial charge in [-0.1, -0.05) is 30.3 Å². The van der Waals surface area contributed by atoms with Crippen molar-refractivity contribution in [3.8, 4) is 0 Å². The number of carbonyl (C=O) groups excluding carboxylic acids is 1.